The molecule has 8 heteroatoms. The first-order valence-corrected chi connectivity index (χ1v) is 0. The molecule has 40 valence electrons. The summed E-state index contributed by atoms with van der Waals surface area (Å²) in [6.45, 7) is 0. The Hall–Kier alpha value is 5.08. The third-order valence-corrected chi connectivity index (χ3v) is 0. The molecule has 0 rings (SSSR count). The summed E-state index contributed by atoms with van der Waals surface area (Å²) in [7, 11) is 0. The Bertz CT molecular complexity index is 29.8. The van der Waals surface area contributed by atoms with Gasteiger partial charge in [0.15, 0.2) is 34.7 Å². The second-order valence-corrected chi connectivity index (χ2v) is 0. The number of hydrogen-bond acceptors (Lipinski definition) is 0. The monoisotopic (exact) mass is 296 g/mol. The normalized spacial score (nSPS) is 0. The van der Waals surface area contributed by atoms with Crippen LogP contribution in [0.2, 0.25) is 0 Å². The maximum Gasteiger partial charge on any atom is 2.00 e. The van der Waals surface area contributed by atoms with Crippen molar-refractivity contribution in [3.05, 3.63) is 0 Å². The van der Waals surface area contributed by atoms with E-state index in [-0.39, 0.29) is 181 Å². The van der Waals surface area contributed by atoms with E-state index in [4.69, 9.17) is 0 Å². The zero-order chi connectivity index (χ0) is 0. The molecule has 0 radical (unpaired) electrons. The Kier molecular flexibility index (Phi) is 531. The Morgan fingerprint density at radius 3 is 0.625 bits per heavy atom. The van der Waals surface area contributed by atoms with Crippen molar-refractivity contribution in [1.29, 1.82) is 0 Å². The summed E-state index contributed by atoms with van der Waals surface area (Å²) in [5.41, 5.74) is 0. The molecule has 0 aliphatic heterocycles. The smallest absolute Gasteiger partial charge is 1.00 e. The molecule has 0 atom stereocenters. The van der Waals surface area contributed by atoms with Crippen molar-refractivity contribution in [3.63, 3.8) is 0 Å². The molecule has 8 heavy (non-hydrogen) atoms. The maximum atomic E-state index is 0. The Labute approximate surface area is 177 Å². The zero-order valence-electron chi connectivity index (χ0n) is 10.2. The van der Waals surface area contributed by atoms with Gasteiger partial charge in [0.2, 0.25) is 0 Å². The summed E-state index contributed by atoms with van der Waals surface area (Å²) in [5, 5.41) is 0. The Morgan fingerprint density at radius 1 is 0.625 bits per heavy atom. The van der Waals surface area contributed by atoms with E-state index in [0.717, 1.165) is 0 Å². The largest absolute Gasteiger partial charge is 2.00 e. The molecule has 0 saturated carbocycles. The van der Waals surface area contributed by atoms with Crippen LogP contribution in [0, 0.1) is 0 Å². The van der Waals surface area contributed by atoms with Gasteiger partial charge in [-0.2, -0.15) is 0 Å². The molecule has 0 N–H and O–H groups in total. The van der Waals surface area contributed by atoms with Crippen LogP contribution in [0.5, 0.6) is 0 Å². The maximum absolute atomic E-state index is 0. The van der Waals surface area contributed by atoms with Crippen molar-refractivity contribution in [2.24, 2.45) is 0 Å². The van der Waals surface area contributed by atoms with Gasteiger partial charge >= 0.3 is 129 Å². The fourth-order valence-electron chi connectivity index (χ4n) is 0. The minimum absolute atomic E-state index is 0. The molecule has 0 aromatic carbocycles. The van der Waals surface area contributed by atoms with Gasteiger partial charge < -0.3 is 8.56 Å². The molecule has 0 spiro atoms. The summed E-state index contributed by atoms with van der Waals surface area (Å²) in [5.74, 6) is 0. The molecular weight excluding hydrogens is 281 g/mol. The average Bonchev–Trinajstić information content (AvgIpc) is 0. The molecule has 0 aliphatic rings. The van der Waals surface area contributed by atoms with E-state index >= 15 is 0 Å². The Balaban J connectivity index is 0. The van der Waals surface area contributed by atoms with Crippen LogP contribution in [0.1, 0.15) is 8.56 Å². The topological polar surface area (TPSA) is 0 Å². The molecule has 0 aromatic rings. The summed E-state index contributed by atoms with van der Waals surface area (Å²) < 4.78 is 0. The second kappa shape index (κ2) is 57.5. The van der Waals surface area contributed by atoms with E-state index in [1.807, 2.05) is 0 Å². The van der Waals surface area contributed by atoms with E-state index in [9.17, 15) is 0 Å². The minimum atomic E-state index is 0. The first-order valence-electron chi connectivity index (χ1n) is 0. The van der Waals surface area contributed by atoms with Crippen LogP contribution in [0.3, 0.4) is 0 Å². The van der Waals surface area contributed by atoms with E-state index < -0.39 is 0 Å². The van der Waals surface area contributed by atoms with Crippen molar-refractivity contribution < 1.29 is 55.7 Å². The van der Waals surface area contributed by atoms with Gasteiger partial charge in [-0.25, -0.2) is 0 Å². The van der Waals surface area contributed by atoms with Crippen molar-refractivity contribution in [2.45, 2.75) is 0 Å². The molecule has 0 bridgehead atoms. The fourth-order valence-corrected chi connectivity index (χ4v) is 0. The zero-order valence-corrected chi connectivity index (χ0v) is 11.2. The van der Waals surface area contributed by atoms with E-state index in [1.54, 1.807) is 0 Å². The molecule has 0 aliphatic carbocycles. The summed E-state index contributed by atoms with van der Waals surface area (Å²) in [4.78, 5) is 0. The van der Waals surface area contributed by atoms with Crippen molar-refractivity contribution in [1.82, 2.24) is 0 Å². The first kappa shape index (κ1) is 74.0. The molecule has 0 heterocycles. The van der Waals surface area contributed by atoms with Crippen LogP contribution in [-0.2, 0) is 0 Å². The van der Waals surface area contributed by atoms with Crippen LogP contribution in [-0.4, -0.2) is 126 Å². The Morgan fingerprint density at radius 2 is 0.625 bits per heavy atom. The van der Waals surface area contributed by atoms with Crippen LogP contribution >= 0.6 is 0 Å². The van der Waals surface area contributed by atoms with Gasteiger partial charge in [-0.15, -0.1) is 0 Å². The van der Waals surface area contributed by atoms with Crippen LogP contribution < -0.4 is 37.7 Å². The summed E-state index contributed by atoms with van der Waals surface area (Å²) in [6.07, 6.45) is 0. The summed E-state index contributed by atoms with van der Waals surface area (Å²) >= 11 is 0. The van der Waals surface area contributed by atoms with Crippen molar-refractivity contribution >= 4 is 126 Å². The van der Waals surface area contributed by atoms with Crippen molar-refractivity contribution in [3.8, 4) is 0 Å². The number of halogens is 2. The van der Waals surface area contributed by atoms with E-state index in [1.165, 1.54) is 0 Å². The average molecular weight is 295 g/mol. The van der Waals surface area contributed by atoms with E-state index in [0.29, 0.717) is 0 Å². The van der Waals surface area contributed by atoms with E-state index in [2.05, 4.69) is 0 Å². The van der Waals surface area contributed by atoms with Crippen LogP contribution in [0.15, 0.2) is 0 Å². The van der Waals surface area contributed by atoms with Gasteiger partial charge in [0, 0.05) is 0 Å². The predicted octanol–water partition coefficient (Wildman–Crippen LogP) is -8.14. The standard InChI is InChI=1S/2Al.2FH.2Li.2Sr.12H/h;;2*1H;;;;;;;;;;;;;;;;/q;;;;2*+1;2*+2;;;;;;;6*-1. The molecular formula is H14Al2F2Li2Sr2. The van der Waals surface area contributed by atoms with Crippen LogP contribution in [0.4, 0.5) is 9.41 Å². The third kappa shape index (κ3) is 43.6. The number of hydrogen-bond donors (Lipinski definition) is 0. The van der Waals surface area contributed by atoms with Gasteiger partial charge in [0.1, 0.15) is 0 Å². The number of rotatable bonds is 0. The SMILES string of the molecule is F.F.[AlH3].[AlH3].[H-].[H-].[H-].[H-].[H-].[H-].[Li+].[Li+].[Sr+2].[Sr+2]. The van der Waals surface area contributed by atoms with Crippen molar-refractivity contribution in [2.75, 3.05) is 0 Å². The molecule has 0 nitrogen and oxygen atoms in total. The molecule has 0 fully saturated rings. The molecule has 0 aromatic heterocycles. The quantitative estimate of drug-likeness (QED) is 0.390. The van der Waals surface area contributed by atoms with Crippen LogP contribution in [0.25, 0.3) is 0 Å². The minimum Gasteiger partial charge on any atom is -1.00 e. The predicted molar refractivity (Wildman–Crippen MR) is 43.1 cm³/mol. The molecule has 0 saturated heterocycles. The van der Waals surface area contributed by atoms with Gasteiger partial charge in [-0.1, -0.05) is 0 Å². The molecule has 0 amide bonds. The molecule has 0 unspecified atom stereocenters. The van der Waals surface area contributed by atoms with Gasteiger partial charge in [-0.05, 0) is 0 Å². The third-order valence-electron chi connectivity index (χ3n) is 0. The van der Waals surface area contributed by atoms with Gasteiger partial charge in [-0.3, -0.25) is 9.41 Å². The first-order chi connectivity index (χ1) is 0. The van der Waals surface area contributed by atoms with Gasteiger partial charge in [0.05, 0.1) is 0 Å². The second-order valence-electron chi connectivity index (χ2n) is 0. The fraction of sp³-hybridized carbons (Fsp3) is 0. The van der Waals surface area contributed by atoms with Gasteiger partial charge in [0.25, 0.3) is 0 Å². The summed E-state index contributed by atoms with van der Waals surface area (Å²) in [6, 6.07) is 0.